The Morgan fingerprint density at radius 1 is 1.10 bits per heavy atom. The molecule has 5 nitrogen and oxygen atoms in total. The van der Waals surface area contributed by atoms with E-state index in [9.17, 15) is 5.11 Å². The summed E-state index contributed by atoms with van der Waals surface area (Å²) in [6.45, 7) is 10.7. The molecule has 0 amide bonds. The lowest BCUT2D eigenvalue weighted by Crippen LogP contribution is -2.35. The SMILES string of the molecule is CCC(O)(CC)CNc1cc(NC)nc(C(C)(C)C)n1. The number of nitrogens with one attached hydrogen (secondary N) is 2. The van der Waals surface area contributed by atoms with Crippen LogP contribution in [0.2, 0.25) is 0 Å². The first kappa shape index (κ1) is 16.7. The third-order valence-corrected chi connectivity index (χ3v) is 3.57. The Morgan fingerprint density at radius 2 is 1.65 bits per heavy atom. The van der Waals surface area contributed by atoms with Crippen molar-refractivity contribution in [2.45, 2.75) is 58.5 Å². The normalized spacial score (nSPS) is 12.3. The van der Waals surface area contributed by atoms with E-state index in [1.807, 2.05) is 27.0 Å². The first-order chi connectivity index (χ1) is 9.24. The molecular weight excluding hydrogens is 252 g/mol. The maximum atomic E-state index is 10.3. The van der Waals surface area contributed by atoms with Gasteiger partial charge < -0.3 is 15.7 Å². The number of hydrogen-bond donors (Lipinski definition) is 3. The van der Waals surface area contributed by atoms with E-state index >= 15 is 0 Å². The van der Waals surface area contributed by atoms with Crippen LogP contribution in [0.25, 0.3) is 0 Å². The van der Waals surface area contributed by atoms with Crippen molar-refractivity contribution in [1.29, 1.82) is 0 Å². The summed E-state index contributed by atoms with van der Waals surface area (Å²) in [5.41, 5.74) is -0.804. The van der Waals surface area contributed by atoms with E-state index in [1.165, 1.54) is 0 Å². The number of nitrogens with zero attached hydrogens (tertiary/aromatic N) is 2. The fourth-order valence-corrected chi connectivity index (χ4v) is 1.76. The summed E-state index contributed by atoms with van der Waals surface area (Å²) in [6.07, 6.45) is 1.43. The predicted molar refractivity (Wildman–Crippen MR) is 84.3 cm³/mol. The number of rotatable bonds is 6. The highest BCUT2D eigenvalue weighted by Crippen LogP contribution is 2.23. The Kier molecular flexibility index (Phi) is 5.34. The Balaban J connectivity index is 2.95. The molecule has 1 aromatic rings. The molecule has 114 valence electrons. The van der Waals surface area contributed by atoms with Crippen molar-refractivity contribution < 1.29 is 5.11 Å². The number of anilines is 2. The summed E-state index contributed by atoms with van der Waals surface area (Å²) in [5, 5.41) is 16.6. The van der Waals surface area contributed by atoms with Crippen LogP contribution in [0.3, 0.4) is 0 Å². The molecule has 0 aliphatic carbocycles. The van der Waals surface area contributed by atoms with Crippen LogP contribution in [0.4, 0.5) is 11.6 Å². The summed E-state index contributed by atoms with van der Waals surface area (Å²) >= 11 is 0. The molecule has 1 heterocycles. The van der Waals surface area contributed by atoms with Crippen LogP contribution in [0.1, 0.15) is 53.3 Å². The van der Waals surface area contributed by atoms with Crippen molar-refractivity contribution in [3.05, 3.63) is 11.9 Å². The van der Waals surface area contributed by atoms with Crippen LogP contribution >= 0.6 is 0 Å². The third-order valence-electron chi connectivity index (χ3n) is 3.57. The van der Waals surface area contributed by atoms with Crippen molar-refractivity contribution in [3.63, 3.8) is 0 Å². The lowest BCUT2D eigenvalue weighted by Gasteiger charge is -2.26. The zero-order chi connectivity index (χ0) is 15.4. The highest BCUT2D eigenvalue weighted by Gasteiger charge is 2.23. The lowest BCUT2D eigenvalue weighted by molar-refractivity contribution is 0.0456. The van der Waals surface area contributed by atoms with E-state index < -0.39 is 5.60 Å². The molecule has 1 rings (SSSR count). The van der Waals surface area contributed by atoms with Gasteiger partial charge in [-0.2, -0.15) is 0 Å². The van der Waals surface area contributed by atoms with Crippen LogP contribution in [0.5, 0.6) is 0 Å². The molecule has 20 heavy (non-hydrogen) atoms. The largest absolute Gasteiger partial charge is 0.388 e. The van der Waals surface area contributed by atoms with Gasteiger partial charge in [-0.15, -0.1) is 0 Å². The molecule has 1 aromatic heterocycles. The Bertz CT molecular complexity index is 436. The topological polar surface area (TPSA) is 70.1 Å². The third kappa shape index (κ3) is 4.34. The van der Waals surface area contributed by atoms with Crippen molar-refractivity contribution in [1.82, 2.24) is 9.97 Å². The molecule has 5 heteroatoms. The van der Waals surface area contributed by atoms with Crippen LogP contribution < -0.4 is 10.6 Å². The van der Waals surface area contributed by atoms with Gasteiger partial charge in [-0.3, -0.25) is 0 Å². The molecule has 0 fully saturated rings. The summed E-state index contributed by atoms with van der Waals surface area (Å²) in [4.78, 5) is 9.03. The van der Waals surface area contributed by atoms with E-state index in [-0.39, 0.29) is 5.41 Å². The summed E-state index contributed by atoms with van der Waals surface area (Å²) in [7, 11) is 1.84. The van der Waals surface area contributed by atoms with Gasteiger partial charge in [0.1, 0.15) is 17.5 Å². The summed E-state index contributed by atoms with van der Waals surface area (Å²) in [6, 6.07) is 1.86. The summed E-state index contributed by atoms with van der Waals surface area (Å²) in [5.74, 6) is 2.31. The average Bonchev–Trinajstić information content (AvgIpc) is 2.43. The van der Waals surface area contributed by atoms with E-state index in [2.05, 4.69) is 41.4 Å². The minimum absolute atomic E-state index is 0.116. The smallest absolute Gasteiger partial charge is 0.138 e. The Morgan fingerprint density at radius 3 is 2.10 bits per heavy atom. The molecule has 0 bridgehead atoms. The van der Waals surface area contributed by atoms with Gasteiger partial charge in [-0.25, -0.2) is 9.97 Å². The van der Waals surface area contributed by atoms with Crippen LogP contribution in [-0.2, 0) is 5.41 Å². The highest BCUT2D eigenvalue weighted by molar-refractivity contribution is 5.48. The van der Waals surface area contributed by atoms with Crippen molar-refractivity contribution in [3.8, 4) is 0 Å². The average molecular weight is 280 g/mol. The van der Waals surface area contributed by atoms with Gasteiger partial charge in [0.15, 0.2) is 0 Å². The molecule has 0 atom stereocenters. The minimum atomic E-state index is -0.688. The zero-order valence-corrected chi connectivity index (χ0v) is 13.5. The van der Waals surface area contributed by atoms with Gasteiger partial charge >= 0.3 is 0 Å². The Labute approximate surface area is 122 Å². The molecule has 3 N–H and O–H groups in total. The number of aliphatic hydroxyl groups is 1. The molecule has 0 aliphatic heterocycles. The lowest BCUT2D eigenvalue weighted by atomic mass is 9.95. The van der Waals surface area contributed by atoms with E-state index in [0.29, 0.717) is 19.4 Å². The van der Waals surface area contributed by atoms with Gasteiger partial charge in [-0.05, 0) is 12.8 Å². The standard InChI is InChI=1S/C15H28N4O/c1-7-15(20,8-2)10-17-12-9-11(16-6)18-13(19-12)14(3,4)5/h9,20H,7-8,10H2,1-6H3,(H2,16,17,18,19). The molecule has 0 unspecified atom stereocenters. The molecule has 0 spiro atoms. The molecule has 0 aromatic carbocycles. The van der Waals surface area contributed by atoms with Gasteiger partial charge in [0, 0.05) is 25.1 Å². The van der Waals surface area contributed by atoms with Gasteiger partial charge in [-0.1, -0.05) is 34.6 Å². The second-order valence-corrected chi connectivity index (χ2v) is 6.25. The van der Waals surface area contributed by atoms with Gasteiger partial charge in [0.25, 0.3) is 0 Å². The van der Waals surface area contributed by atoms with Crippen LogP contribution in [0, 0.1) is 0 Å². The van der Waals surface area contributed by atoms with Crippen molar-refractivity contribution in [2.24, 2.45) is 0 Å². The fourth-order valence-electron chi connectivity index (χ4n) is 1.76. The first-order valence-corrected chi connectivity index (χ1v) is 7.27. The number of hydrogen-bond acceptors (Lipinski definition) is 5. The van der Waals surface area contributed by atoms with E-state index in [0.717, 1.165) is 17.5 Å². The second kappa shape index (κ2) is 6.39. The van der Waals surface area contributed by atoms with E-state index in [1.54, 1.807) is 0 Å². The van der Waals surface area contributed by atoms with E-state index in [4.69, 9.17) is 0 Å². The monoisotopic (exact) mass is 280 g/mol. The molecule has 0 saturated carbocycles. The molecular formula is C15H28N4O. The second-order valence-electron chi connectivity index (χ2n) is 6.25. The first-order valence-electron chi connectivity index (χ1n) is 7.27. The van der Waals surface area contributed by atoms with Crippen LogP contribution in [0.15, 0.2) is 6.07 Å². The quantitative estimate of drug-likeness (QED) is 0.747. The minimum Gasteiger partial charge on any atom is -0.388 e. The molecule has 0 radical (unpaired) electrons. The maximum Gasteiger partial charge on any atom is 0.138 e. The highest BCUT2D eigenvalue weighted by atomic mass is 16.3. The maximum absolute atomic E-state index is 10.3. The van der Waals surface area contributed by atoms with Crippen LogP contribution in [-0.4, -0.2) is 34.3 Å². The predicted octanol–water partition coefficient (Wildman–Crippen LogP) is 2.78. The Hall–Kier alpha value is -1.36. The van der Waals surface area contributed by atoms with Crippen molar-refractivity contribution in [2.75, 3.05) is 24.2 Å². The fraction of sp³-hybridized carbons (Fsp3) is 0.733. The van der Waals surface area contributed by atoms with Crippen molar-refractivity contribution >= 4 is 11.6 Å². The van der Waals surface area contributed by atoms with Gasteiger partial charge in [0.05, 0.1) is 5.60 Å². The summed E-state index contributed by atoms with van der Waals surface area (Å²) < 4.78 is 0. The molecule has 0 saturated heterocycles. The number of aromatic nitrogens is 2. The zero-order valence-electron chi connectivity index (χ0n) is 13.5. The molecule has 0 aliphatic rings. The van der Waals surface area contributed by atoms with Gasteiger partial charge in [0.2, 0.25) is 0 Å².